The van der Waals surface area contributed by atoms with E-state index in [0.29, 0.717) is 17.2 Å². The number of rotatable bonds is 6. The van der Waals surface area contributed by atoms with Crippen molar-refractivity contribution >= 4 is 5.84 Å². The van der Waals surface area contributed by atoms with Gasteiger partial charge in [0.05, 0.1) is 12.7 Å². The van der Waals surface area contributed by atoms with Crippen LogP contribution in [0.1, 0.15) is 30.4 Å². The summed E-state index contributed by atoms with van der Waals surface area (Å²) in [7, 11) is 1.59. The average molecular weight is 291 g/mol. The van der Waals surface area contributed by atoms with Crippen LogP contribution in [-0.2, 0) is 6.54 Å². The summed E-state index contributed by atoms with van der Waals surface area (Å²) >= 11 is 0. The lowest BCUT2D eigenvalue weighted by Gasteiger charge is -2.32. The van der Waals surface area contributed by atoms with Gasteiger partial charge in [0, 0.05) is 19.7 Å². The molecular weight excluding hydrogens is 266 g/mol. The van der Waals surface area contributed by atoms with Crippen molar-refractivity contribution in [3.05, 3.63) is 29.3 Å². The van der Waals surface area contributed by atoms with Crippen molar-refractivity contribution in [2.45, 2.75) is 25.8 Å². The van der Waals surface area contributed by atoms with E-state index in [1.54, 1.807) is 7.11 Å². The maximum atomic E-state index is 9.08. The zero-order valence-corrected chi connectivity index (χ0v) is 12.6. The standard InChI is InChI=1S/C16H25N3O2/c1-21-15-5-4-13(9-14(15)16(17)18)11-19-7-2-3-12(10-19)6-8-20/h4-5,9,12,20H,2-3,6-8,10-11H2,1H3,(H3,17,18). The Morgan fingerprint density at radius 3 is 3.00 bits per heavy atom. The lowest BCUT2D eigenvalue weighted by molar-refractivity contribution is 0.142. The molecule has 0 spiro atoms. The van der Waals surface area contributed by atoms with Crippen LogP contribution in [0, 0.1) is 11.3 Å². The lowest BCUT2D eigenvalue weighted by Crippen LogP contribution is -2.35. The first-order valence-corrected chi connectivity index (χ1v) is 7.48. The fraction of sp³-hybridized carbons (Fsp3) is 0.562. The average Bonchev–Trinajstić information content (AvgIpc) is 2.48. The van der Waals surface area contributed by atoms with Crippen LogP contribution in [0.25, 0.3) is 0 Å². The van der Waals surface area contributed by atoms with Gasteiger partial charge in [-0.05, 0) is 49.4 Å². The van der Waals surface area contributed by atoms with Crippen LogP contribution in [0.3, 0.4) is 0 Å². The molecule has 0 saturated carbocycles. The minimum atomic E-state index is 0.0329. The highest BCUT2D eigenvalue weighted by Gasteiger charge is 2.19. The van der Waals surface area contributed by atoms with E-state index in [2.05, 4.69) is 4.90 Å². The molecule has 0 bridgehead atoms. The fourth-order valence-electron chi connectivity index (χ4n) is 3.04. The summed E-state index contributed by atoms with van der Waals surface area (Å²) in [5, 5.41) is 16.7. The van der Waals surface area contributed by atoms with Crippen LogP contribution >= 0.6 is 0 Å². The van der Waals surface area contributed by atoms with Gasteiger partial charge in [-0.25, -0.2) is 0 Å². The molecule has 1 heterocycles. The van der Waals surface area contributed by atoms with Gasteiger partial charge in [-0.1, -0.05) is 6.07 Å². The Bertz CT molecular complexity index is 488. The van der Waals surface area contributed by atoms with E-state index >= 15 is 0 Å². The molecule has 1 unspecified atom stereocenters. The van der Waals surface area contributed by atoms with Crippen LogP contribution in [0.15, 0.2) is 18.2 Å². The SMILES string of the molecule is COc1ccc(CN2CCCC(CCO)C2)cc1C(=N)N. The van der Waals surface area contributed by atoms with E-state index in [-0.39, 0.29) is 12.4 Å². The number of methoxy groups -OCH3 is 1. The summed E-state index contributed by atoms with van der Waals surface area (Å²) in [6.45, 7) is 3.24. The number of piperidine rings is 1. The molecule has 0 aromatic heterocycles. The lowest BCUT2D eigenvalue weighted by atomic mass is 9.94. The minimum Gasteiger partial charge on any atom is -0.496 e. The Morgan fingerprint density at radius 1 is 1.52 bits per heavy atom. The van der Waals surface area contributed by atoms with Crippen LogP contribution in [0.4, 0.5) is 0 Å². The molecule has 21 heavy (non-hydrogen) atoms. The highest BCUT2D eigenvalue weighted by molar-refractivity contribution is 5.97. The molecule has 5 nitrogen and oxygen atoms in total. The second-order valence-electron chi connectivity index (χ2n) is 5.70. The van der Waals surface area contributed by atoms with Crippen LogP contribution in [0.5, 0.6) is 5.75 Å². The summed E-state index contributed by atoms with van der Waals surface area (Å²) in [5.74, 6) is 1.27. The molecule has 1 aromatic carbocycles. The highest BCUT2D eigenvalue weighted by Crippen LogP contribution is 2.23. The van der Waals surface area contributed by atoms with Gasteiger partial charge in [-0.3, -0.25) is 10.3 Å². The minimum absolute atomic E-state index is 0.0329. The molecule has 0 amide bonds. The number of nitrogens with one attached hydrogen (secondary N) is 1. The zero-order chi connectivity index (χ0) is 15.2. The topological polar surface area (TPSA) is 82.6 Å². The summed E-state index contributed by atoms with van der Waals surface area (Å²) in [4.78, 5) is 2.41. The number of benzene rings is 1. The Labute approximate surface area is 126 Å². The number of aliphatic hydroxyl groups excluding tert-OH is 1. The quantitative estimate of drug-likeness (QED) is 0.549. The smallest absolute Gasteiger partial charge is 0.129 e. The molecule has 1 aliphatic rings. The van der Waals surface area contributed by atoms with Crippen molar-refractivity contribution in [1.82, 2.24) is 4.90 Å². The number of aliphatic hydroxyl groups is 1. The Balaban J connectivity index is 2.05. The van der Waals surface area contributed by atoms with E-state index in [0.717, 1.165) is 31.6 Å². The summed E-state index contributed by atoms with van der Waals surface area (Å²) in [5.41, 5.74) is 7.41. The molecule has 1 aromatic rings. The third-order valence-corrected chi connectivity index (χ3v) is 4.10. The molecule has 1 fully saturated rings. The maximum absolute atomic E-state index is 9.08. The van der Waals surface area contributed by atoms with Gasteiger partial charge in [0.15, 0.2) is 0 Å². The Hall–Kier alpha value is -1.59. The molecule has 0 radical (unpaired) electrons. The zero-order valence-electron chi connectivity index (χ0n) is 12.6. The number of ether oxygens (including phenoxy) is 1. The monoisotopic (exact) mass is 291 g/mol. The predicted molar refractivity (Wildman–Crippen MR) is 83.7 cm³/mol. The Kier molecular flexibility index (Phi) is 5.59. The van der Waals surface area contributed by atoms with Gasteiger partial charge in [0.25, 0.3) is 0 Å². The summed E-state index contributed by atoms with van der Waals surface area (Å²) in [6, 6.07) is 5.85. The van der Waals surface area contributed by atoms with Crippen LogP contribution < -0.4 is 10.5 Å². The molecule has 0 aliphatic carbocycles. The number of nitrogens with zero attached hydrogens (tertiary/aromatic N) is 1. The van der Waals surface area contributed by atoms with Gasteiger partial charge >= 0.3 is 0 Å². The van der Waals surface area contributed by atoms with Crippen molar-refractivity contribution in [3.8, 4) is 5.75 Å². The van der Waals surface area contributed by atoms with Crippen molar-refractivity contribution in [2.75, 3.05) is 26.8 Å². The van der Waals surface area contributed by atoms with Crippen molar-refractivity contribution in [2.24, 2.45) is 11.7 Å². The number of hydrogen-bond donors (Lipinski definition) is 3. The number of nitrogen functional groups attached to an aromatic ring is 1. The first kappa shape index (κ1) is 15.8. The van der Waals surface area contributed by atoms with Gasteiger partial charge in [0.1, 0.15) is 11.6 Å². The first-order valence-electron chi connectivity index (χ1n) is 7.48. The number of amidine groups is 1. The second-order valence-corrected chi connectivity index (χ2v) is 5.70. The largest absolute Gasteiger partial charge is 0.496 e. The van der Waals surface area contributed by atoms with Crippen molar-refractivity contribution in [1.29, 1.82) is 5.41 Å². The second kappa shape index (κ2) is 7.43. The fourth-order valence-corrected chi connectivity index (χ4v) is 3.04. The molecule has 1 saturated heterocycles. The van der Waals surface area contributed by atoms with E-state index in [1.807, 2.05) is 18.2 Å². The van der Waals surface area contributed by atoms with Crippen LogP contribution in [0.2, 0.25) is 0 Å². The van der Waals surface area contributed by atoms with E-state index < -0.39 is 0 Å². The summed E-state index contributed by atoms with van der Waals surface area (Å²) in [6.07, 6.45) is 3.27. The third kappa shape index (κ3) is 4.19. The van der Waals surface area contributed by atoms with Crippen molar-refractivity contribution in [3.63, 3.8) is 0 Å². The molecular formula is C16H25N3O2. The molecule has 1 atom stereocenters. The first-order chi connectivity index (χ1) is 10.1. The van der Waals surface area contributed by atoms with E-state index in [9.17, 15) is 0 Å². The molecule has 116 valence electrons. The number of likely N-dealkylation sites (tertiary alicyclic amines) is 1. The van der Waals surface area contributed by atoms with Gasteiger partial charge in [0.2, 0.25) is 0 Å². The molecule has 2 rings (SSSR count). The van der Waals surface area contributed by atoms with Crippen LogP contribution in [-0.4, -0.2) is 42.6 Å². The van der Waals surface area contributed by atoms with Gasteiger partial charge in [-0.2, -0.15) is 0 Å². The summed E-state index contributed by atoms with van der Waals surface area (Å²) < 4.78 is 5.24. The predicted octanol–water partition coefficient (Wildman–Crippen LogP) is 1.57. The molecule has 4 N–H and O–H groups in total. The van der Waals surface area contributed by atoms with E-state index in [4.69, 9.17) is 21.0 Å². The van der Waals surface area contributed by atoms with Gasteiger partial charge < -0.3 is 15.6 Å². The van der Waals surface area contributed by atoms with Gasteiger partial charge in [-0.15, -0.1) is 0 Å². The number of hydrogen-bond acceptors (Lipinski definition) is 4. The maximum Gasteiger partial charge on any atom is 0.129 e. The normalized spacial score (nSPS) is 19.4. The molecule has 1 aliphatic heterocycles. The molecule has 5 heteroatoms. The van der Waals surface area contributed by atoms with Crippen molar-refractivity contribution < 1.29 is 9.84 Å². The third-order valence-electron chi connectivity index (χ3n) is 4.10. The Morgan fingerprint density at radius 2 is 2.33 bits per heavy atom. The van der Waals surface area contributed by atoms with E-state index in [1.165, 1.54) is 12.8 Å². The highest BCUT2D eigenvalue weighted by atomic mass is 16.5. The number of nitrogens with two attached hydrogens (primary N) is 1.